The lowest BCUT2D eigenvalue weighted by molar-refractivity contribution is -0.141. The average Bonchev–Trinajstić information content (AvgIpc) is 2.83. The summed E-state index contributed by atoms with van der Waals surface area (Å²) in [4.78, 5) is 24.4. The Kier molecular flexibility index (Phi) is 3.46. The first kappa shape index (κ1) is 14.1. The van der Waals surface area contributed by atoms with Gasteiger partial charge in [-0.25, -0.2) is 18.0 Å². The van der Waals surface area contributed by atoms with Crippen LogP contribution >= 0.6 is 0 Å². The minimum atomic E-state index is -3.10. The Balaban J connectivity index is 2.04. The number of carboxylic acid groups (broad SMARTS) is 1. The predicted octanol–water partition coefficient (Wildman–Crippen LogP) is -0.178. The standard InChI is InChI=1S/C11H18N2O5S/c1-11(4-6-19(17,18)7-11)12-10(16)13-5-2-3-8(13)9(14)15/h8H,2-7H2,1H3,(H,12,16)(H,14,15)/t8-,11?/m0/s1. The van der Waals surface area contributed by atoms with Crippen LogP contribution in [-0.4, -0.2) is 60.1 Å². The van der Waals surface area contributed by atoms with Gasteiger partial charge in [-0.05, 0) is 26.2 Å². The molecule has 2 aliphatic rings. The summed E-state index contributed by atoms with van der Waals surface area (Å²) >= 11 is 0. The average molecular weight is 290 g/mol. The van der Waals surface area contributed by atoms with Gasteiger partial charge in [0.25, 0.3) is 0 Å². The van der Waals surface area contributed by atoms with Crippen LogP contribution < -0.4 is 5.32 Å². The normalized spacial score (nSPS) is 33.3. The molecule has 0 spiro atoms. The van der Waals surface area contributed by atoms with Crippen molar-refractivity contribution in [1.82, 2.24) is 10.2 Å². The number of aliphatic carboxylic acids is 1. The number of nitrogens with zero attached hydrogens (tertiary/aromatic N) is 1. The monoisotopic (exact) mass is 290 g/mol. The zero-order chi connectivity index (χ0) is 14.3. The molecule has 2 amide bonds. The minimum Gasteiger partial charge on any atom is -0.480 e. The number of urea groups is 1. The number of hydrogen-bond acceptors (Lipinski definition) is 4. The van der Waals surface area contributed by atoms with Gasteiger partial charge in [0, 0.05) is 6.54 Å². The van der Waals surface area contributed by atoms with Crippen LogP contribution in [0.2, 0.25) is 0 Å². The Morgan fingerprint density at radius 1 is 1.42 bits per heavy atom. The van der Waals surface area contributed by atoms with E-state index < -0.39 is 33.4 Å². The van der Waals surface area contributed by atoms with Gasteiger partial charge >= 0.3 is 12.0 Å². The van der Waals surface area contributed by atoms with E-state index in [4.69, 9.17) is 5.11 Å². The Morgan fingerprint density at radius 3 is 2.63 bits per heavy atom. The number of carboxylic acids is 1. The summed E-state index contributed by atoms with van der Waals surface area (Å²) in [6.45, 7) is 2.08. The third-order valence-corrected chi connectivity index (χ3v) is 5.61. The summed E-state index contributed by atoms with van der Waals surface area (Å²) in [7, 11) is -3.10. The highest BCUT2D eigenvalue weighted by Crippen LogP contribution is 2.24. The SMILES string of the molecule is CC1(NC(=O)N2CCC[C@H]2C(=O)O)CCS(=O)(=O)C1. The number of nitrogens with one attached hydrogen (secondary N) is 1. The highest BCUT2D eigenvalue weighted by Gasteiger charge is 2.42. The van der Waals surface area contributed by atoms with Gasteiger partial charge in [0.1, 0.15) is 6.04 Å². The lowest BCUT2D eigenvalue weighted by Gasteiger charge is -2.29. The number of carbonyl (C=O) groups is 2. The minimum absolute atomic E-state index is 0.0616. The summed E-state index contributed by atoms with van der Waals surface area (Å²) in [5, 5.41) is 11.7. The van der Waals surface area contributed by atoms with E-state index in [-0.39, 0.29) is 11.5 Å². The van der Waals surface area contributed by atoms with Crippen molar-refractivity contribution in [2.24, 2.45) is 0 Å². The molecule has 108 valence electrons. The molecule has 2 N–H and O–H groups in total. The Hall–Kier alpha value is -1.31. The van der Waals surface area contributed by atoms with Crippen molar-refractivity contribution in [3.8, 4) is 0 Å². The van der Waals surface area contributed by atoms with Gasteiger partial charge in [-0.3, -0.25) is 0 Å². The molecule has 0 aliphatic carbocycles. The van der Waals surface area contributed by atoms with E-state index in [9.17, 15) is 18.0 Å². The van der Waals surface area contributed by atoms with Gasteiger partial charge in [0.15, 0.2) is 9.84 Å². The largest absolute Gasteiger partial charge is 0.480 e. The highest BCUT2D eigenvalue weighted by molar-refractivity contribution is 7.91. The van der Waals surface area contributed by atoms with Crippen LogP contribution in [0, 0.1) is 0 Å². The van der Waals surface area contributed by atoms with Crippen molar-refractivity contribution < 1.29 is 23.1 Å². The maximum Gasteiger partial charge on any atom is 0.326 e. The van der Waals surface area contributed by atoms with E-state index in [1.54, 1.807) is 6.92 Å². The molecule has 0 aromatic carbocycles. The molecule has 2 fully saturated rings. The molecule has 0 aromatic heterocycles. The molecule has 2 saturated heterocycles. The van der Waals surface area contributed by atoms with Gasteiger partial charge in [-0.1, -0.05) is 0 Å². The van der Waals surface area contributed by atoms with Gasteiger partial charge in [-0.2, -0.15) is 0 Å². The Bertz CT molecular complexity index is 503. The zero-order valence-electron chi connectivity index (χ0n) is 10.8. The number of likely N-dealkylation sites (tertiary alicyclic amines) is 1. The molecule has 2 heterocycles. The summed E-state index contributed by atoms with van der Waals surface area (Å²) in [6, 6.07) is -1.29. The number of carbonyl (C=O) groups excluding carboxylic acids is 1. The fraction of sp³-hybridized carbons (Fsp3) is 0.818. The molecular weight excluding hydrogens is 272 g/mol. The van der Waals surface area contributed by atoms with E-state index in [0.29, 0.717) is 25.8 Å². The van der Waals surface area contributed by atoms with Gasteiger partial charge in [0.2, 0.25) is 0 Å². The molecular formula is C11H18N2O5S. The lowest BCUT2D eigenvalue weighted by atomic mass is 10.0. The molecule has 0 bridgehead atoms. The van der Waals surface area contributed by atoms with Gasteiger partial charge in [-0.15, -0.1) is 0 Å². The van der Waals surface area contributed by atoms with Crippen LogP contribution in [0.25, 0.3) is 0 Å². The van der Waals surface area contributed by atoms with Crippen molar-refractivity contribution in [1.29, 1.82) is 0 Å². The second kappa shape index (κ2) is 4.66. The maximum absolute atomic E-state index is 12.1. The molecule has 0 radical (unpaired) electrons. The van der Waals surface area contributed by atoms with Gasteiger partial charge in [0.05, 0.1) is 17.0 Å². The van der Waals surface area contributed by atoms with E-state index in [2.05, 4.69) is 5.32 Å². The number of amides is 2. The summed E-state index contributed by atoms with van der Waals surface area (Å²) < 4.78 is 22.9. The third-order valence-electron chi connectivity index (χ3n) is 3.71. The smallest absolute Gasteiger partial charge is 0.326 e. The van der Waals surface area contributed by atoms with Crippen LogP contribution in [0.1, 0.15) is 26.2 Å². The third kappa shape index (κ3) is 2.99. The van der Waals surface area contributed by atoms with E-state index >= 15 is 0 Å². The first-order chi connectivity index (χ1) is 8.72. The second-order valence-electron chi connectivity index (χ2n) is 5.52. The first-order valence-corrected chi connectivity index (χ1v) is 8.07. The second-order valence-corrected chi connectivity index (χ2v) is 7.71. The summed E-state index contributed by atoms with van der Waals surface area (Å²) in [5.41, 5.74) is -0.790. The van der Waals surface area contributed by atoms with E-state index in [1.165, 1.54) is 4.90 Å². The van der Waals surface area contributed by atoms with Crippen LogP contribution in [0.3, 0.4) is 0 Å². The lowest BCUT2D eigenvalue weighted by Crippen LogP contribution is -2.54. The van der Waals surface area contributed by atoms with Gasteiger partial charge < -0.3 is 15.3 Å². The molecule has 2 atom stereocenters. The Labute approximate surface area is 111 Å². The van der Waals surface area contributed by atoms with E-state index in [1.807, 2.05) is 0 Å². The molecule has 0 saturated carbocycles. The van der Waals surface area contributed by atoms with Crippen LogP contribution in [0.5, 0.6) is 0 Å². The molecule has 8 heteroatoms. The molecule has 19 heavy (non-hydrogen) atoms. The fourth-order valence-corrected chi connectivity index (χ4v) is 4.80. The summed E-state index contributed by atoms with van der Waals surface area (Å²) in [5.74, 6) is -1.04. The quantitative estimate of drug-likeness (QED) is 0.734. The fourth-order valence-electron chi connectivity index (χ4n) is 2.71. The van der Waals surface area contributed by atoms with Crippen molar-refractivity contribution in [2.75, 3.05) is 18.1 Å². The molecule has 0 aromatic rings. The van der Waals surface area contributed by atoms with Crippen LogP contribution in [-0.2, 0) is 14.6 Å². The molecule has 1 unspecified atom stereocenters. The topological polar surface area (TPSA) is 104 Å². The predicted molar refractivity (Wildman–Crippen MR) is 67.6 cm³/mol. The molecule has 7 nitrogen and oxygen atoms in total. The van der Waals surface area contributed by atoms with Crippen LogP contribution in [0.15, 0.2) is 0 Å². The van der Waals surface area contributed by atoms with Crippen molar-refractivity contribution in [2.45, 2.75) is 37.8 Å². The van der Waals surface area contributed by atoms with Crippen LogP contribution in [0.4, 0.5) is 4.79 Å². The molecule has 2 aliphatic heterocycles. The highest BCUT2D eigenvalue weighted by atomic mass is 32.2. The number of sulfone groups is 1. The van der Waals surface area contributed by atoms with Crippen molar-refractivity contribution in [3.63, 3.8) is 0 Å². The first-order valence-electron chi connectivity index (χ1n) is 6.24. The van der Waals surface area contributed by atoms with Crippen molar-refractivity contribution in [3.05, 3.63) is 0 Å². The maximum atomic E-state index is 12.1. The summed E-state index contributed by atoms with van der Waals surface area (Å²) in [6.07, 6.45) is 1.46. The van der Waals surface area contributed by atoms with Crippen molar-refractivity contribution >= 4 is 21.8 Å². The number of hydrogen-bond donors (Lipinski definition) is 2. The number of rotatable bonds is 2. The van der Waals surface area contributed by atoms with E-state index in [0.717, 1.165) is 0 Å². The zero-order valence-corrected chi connectivity index (χ0v) is 11.6. The molecule has 2 rings (SSSR count). The Morgan fingerprint density at radius 2 is 2.11 bits per heavy atom.